The van der Waals surface area contributed by atoms with Gasteiger partial charge in [-0.2, -0.15) is 5.10 Å². The Kier molecular flexibility index (Phi) is 4.30. The Balaban J connectivity index is 0.000000810. The van der Waals surface area contributed by atoms with Crippen LogP contribution in [0.15, 0.2) is 9.95 Å². The second kappa shape index (κ2) is 3.98. The van der Waals surface area contributed by atoms with E-state index in [4.69, 9.17) is 12.6 Å². The fourth-order valence-electron chi connectivity index (χ4n) is 0.537. The van der Waals surface area contributed by atoms with Gasteiger partial charge in [0.2, 0.25) is 0 Å². The third kappa shape index (κ3) is 1.90. The molecule has 0 bridgehead atoms. The van der Waals surface area contributed by atoms with Crippen LogP contribution in [0.5, 0.6) is 0 Å². The fourth-order valence-corrected chi connectivity index (χ4v) is 0.738. The van der Waals surface area contributed by atoms with Crippen LogP contribution in [-0.2, 0) is 26.7 Å². The molecule has 1 aromatic heterocycles. The van der Waals surface area contributed by atoms with Gasteiger partial charge in [-0.25, -0.2) is 9.48 Å². The third-order valence-corrected chi connectivity index (χ3v) is 1.44. The van der Waals surface area contributed by atoms with E-state index in [1.54, 1.807) is 14.1 Å². The van der Waals surface area contributed by atoms with E-state index in [0.717, 1.165) is 0 Å². The number of rotatable bonds is 0. The molecule has 1 heterocycles. The molecule has 0 aliphatic carbocycles. The maximum absolute atomic E-state index is 10.8. The smallest absolute Gasteiger partial charge is 0.740 e. The van der Waals surface area contributed by atoms with E-state index in [2.05, 4.69) is 5.10 Å². The Morgan fingerprint density at radius 3 is 2.10 bits per heavy atom. The summed E-state index contributed by atoms with van der Waals surface area (Å²) in [5.74, 6) is 0. The fraction of sp³-hybridized carbons (Fsp3) is 0.500. The summed E-state index contributed by atoms with van der Waals surface area (Å²) in [6, 6.07) is 0. The van der Waals surface area contributed by atoms with E-state index >= 15 is 0 Å². The summed E-state index contributed by atoms with van der Waals surface area (Å²) in [5.41, 5.74) is -0.181. The van der Waals surface area contributed by atoms with Crippen LogP contribution in [-0.4, -0.2) is 14.3 Å². The maximum atomic E-state index is 10.8. The van der Waals surface area contributed by atoms with Gasteiger partial charge in [-0.1, -0.05) is 0 Å². The van der Waals surface area contributed by atoms with Crippen LogP contribution in [0, 0.1) is 0 Å². The van der Waals surface area contributed by atoms with Gasteiger partial charge in [-0.3, -0.25) is 0 Å². The Morgan fingerprint density at radius 2 is 2.00 bits per heavy atom. The minimum atomic E-state index is -0.181. The maximum Gasteiger partial charge on any atom is 1.00 e. The van der Waals surface area contributed by atoms with E-state index in [0.29, 0.717) is 5.16 Å². The largest absolute Gasteiger partial charge is 1.00 e. The second-order valence-electron chi connectivity index (χ2n) is 1.75. The summed E-state index contributed by atoms with van der Waals surface area (Å²) < 4.78 is 2.53. The molecule has 0 saturated carbocycles. The number of aryl methyl sites for hydroxylation is 1. The van der Waals surface area contributed by atoms with Gasteiger partial charge in [-0.05, 0) is 0 Å². The molecule has 6 heteroatoms. The van der Waals surface area contributed by atoms with E-state index in [1.165, 1.54) is 9.25 Å². The van der Waals surface area contributed by atoms with E-state index < -0.39 is 0 Å². The molecular weight excluding hydrogens is 177 g/mol. The van der Waals surface area contributed by atoms with Crippen LogP contribution in [0.2, 0.25) is 0 Å². The predicted molar refractivity (Wildman–Crippen MR) is 34.1 cm³/mol. The molecule has 0 fully saturated rings. The summed E-state index contributed by atoms with van der Waals surface area (Å²) in [6.07, 6.45) is 0. The average Bonchev–Trinajstić information content (AvgIpc) is 1.98. The van der Waals surface area contributed by atoms with Crippen molar-refractivity contribution in [1.82, 2.24) is 14.3 Å². The first-order chi connectivity index (χ1) is 4.13. The van der Waals surface area contributed by atoms with Crippen molar-refractivity contribution < 1.29 is 51.4 Å². The van der Waals surface area contributed by atoms with Crippen LogP contribution < -0.4 is 57.1 Å². The van der Waals surface area contributed by atoms with Crippen molar-refractivity contribution in [1.29, 1.82) is 0 Å². The Bertz CT molecular complexity index is 279. The van der Waals surface area contributed by atoms with Gasteiger partial charge in [0.05, 0.1) is 0 Å². The first kappa shape index (κ1) is 10.8. The van der Waals surface area contributed by atoms with Gasteiger partial charge in [0.25, 0.3) is 0 Å². The molecule has 0 aliphatic heterocycles. The monoisotopic (exact) mass is 183 g/mol. The number of hydrogen-bond donors (Lipinski definition) is 0. The summed E-state index contributed by atoms with van der Waals surface area (Å²) in [6.45, 7) is 0. The molecule has 4 nitrogen and oxygen atoms in total. The van der Waals surface area contributed by atoms with Crippen LogP contribution >= 0.6 is 0 Å². The van der Waals surface area contributed by atoms with Crippen LogP contribution in [0.1, 0.15) is 0 Å². The molecule has 0 amide bonds. The van der Waals surface area contributed by atoms with Crippen molar-refractivity contribution in [3.05, 3.63) is 10.5 Å². The second-order valence-corrected chi connectivity index (χ2v) is 2.11. The molecule has 0 saturated heterocycles. The average molecular weight is 183 g/mol. The van der Waals surface area contributed by atoms with Gasteiger partial charge < -0.3 is 17.2 Å². The molecule has 0 aromatic carbocycles. The molecule has 0 spiro atoms. The SMILES string of the molecule is Cn1nc([S-])n(C)c1=O.[K+]. The molecule has 0 N–H and O–H groups in total. The van der Waals surface area contributed by atoms with Crippen molar-refractivity contribution >= 4 is 12.6 Å². The van der Waals surface area contributed by atoms with Gasteiger partial charge in [0.1, 0.15) is 0 Å². The van der Waals surface area contributed by atoms with Crippen LogP contribution in [0.4, 0.5) is 0 Å². The number of hydrogen-bond acceptors (Lipinski definition) is 3. The molecule has 50 valence electrons. The summed E-state index contributed by atoms with van der Waals surface area (Å²) >= 11 is 4.69. The quantitative estimate of drug-likeness (QED) is 0.304. The van der Waals surface area contributed by atoms with Gasteiger partial charge in [0, 0.05) is 19.3 Å². The standard InChI is InChI=1S/C4H7N3OS.K/c1-6-3(9)5-7(2)4(6)8;/h1-2H3,(H,5,9);/q;+1/p-1. The zero-order valence-electron chi connectivity index (χ0n) is 6.16. The summed E-state index contributed by atoms with van der Waals surface area (Å²) in [4.78, 5) is 10.8. The summed E-state index contributed by atoms with van der Waals surface area (Å²) in [5, 5.41) is 4.01. The first-order valence-corrected chi connectivity index (χ1v) is 2.81. The molecule has 1 aromatic rings. The Hall–Kier alpha value is 0.796. The molecule has 0 radical (unpaired) electrons. The van der Waals surface area contributed by atoms with Gasteiger partial charge >= 0.3 is 57.1 Å². The first-order valence-electron chi connectivity index (χ1n) is 2.40. The molecule has 0 unspecified atom stereocenters. The molecule has 0 atom stereocenters. The Morgan fingerprint density at radius 1 is 1.50 bits per heavy atom. The minimum absolute atomic E-state index is 0. The molecule has 1 rings (SSSR count). The molecule has 0 aliphatic rings. The van der Waals surface area contributed by atoms with Crippen molar-refractivity contribution in [3.8, 4) is 0 Å². The van der Waals surface area contributed by atoms with Crippen molar-refractivity contribution in [3.63, 3.8) is 0 Å². The zero-order chi connectivity index (χ0) is 7.02. The van der Waals surface area contributed by atoms with E-state index in [-0.39, 0.29) is 57.1 Å². The third-order valence-electron chi connectivity index (χ3n) is 1.09. The number of nitrogens with zero attached hydrogens (tertiary/aromatic N) is 3. The van der Waals surface area contributed by atoms with Crippen LogP contribution in [0.25, 0.3) is 0 Å². The topological polar surface area (TPSA) is 39.8 Å². The summed E-state index contributed by atoms with van der Waals surface area (Å²) in [7, 11) is 3.16. The normalized spacial score (nSPS) is 9.00. The van der Waals surface area contributed by atoms with Crippen LogP contribution in [0.3, 0.4) is 0 Å². The Labute approximate surface area is 106 Å². The predicted octanol–water partition coefficient (Wildman–Crippen LogP) is -3.97. The van der Waals surface area contributed by atoms with E-state index in [9.17, 15) is 4.79 Å². The molecule has 10 heavy (non-hydrogen) atoms. The van der Waals surface area contributed by atoms with Crippen molar-refractivity contribution in [2.75, 3.05) is 0 Å². The van der Waals surface area contributed by atoms with Crippen molar-refractivity contribution in [2.45, 2.75) is 5.16 Å². The van der Waals surface area contributed by atoms with Gasteiger partial charge in [0.15, 0.2) is 0 Å². The number of aromatic nitrogens is 3. The molecular formula is C4H6KN3OS. The van der Waals surface area contributed by atoms with Gasteiger partial charge in [-0.15, -0.1) is 0 Å². The zero-order valence-corrected chi connectivity index (χ0v) is 10.1. The van der Waals surface area contributed by atoms with Crippen molar-refractivity contribution in [2.24, 2.45) is 14.1 Å². The van der Waals surface area contributed by atoms with E-state index in [1.807, 2.05) is 0 Å². The minimum Gasteiger partial charge on any atom is -0.740 e.